The molecule has 0 N–H and O–H groups in total. The Hall–Kier alpha value is -4.97. The molecule has 0 saturated carbocycles. The third-order valence-corrected chi connectivity index (χ3v) is 23.0. The summed E-state index contributed by atoms with van der Waals surface area (Å²) in [6.45, 7) is 12.6. The molecule has 0 fully saturated rings. The maximum absolute atomic E-state index is 11.1. The zero-order chi connectivity index (χ0) is 53.7. The predicted octanol–water partition coefficient (Wildman–Crippen LogP) is 15.6. The van der Waals surface area contributed by atoms with Gasteiger partial charge in [-0.1, -0.05) is 47.0 Å². The quantitative estimate of drug-likeness (QED) is 0.00672. The van der Waals surface area contributed by atoms with Crippen LogP contribution >= 0.6 is 20.5 Å². The van der Waals surface area contributed by atoms with Gasteiger partial charge in [0.2, 0.25) is 0 Å². The van der Waals surface area contributed by atoms with Crippen molar-refractivity contribution in [3.05, 3.63) is 130 Å². The summed E-state index contributed by atoms with van der Waals surface area (Å²) in [4.78, 5) is 14.1. The second kappa shape index (κ2) is 29.2. The summed E-state index contributed by atoms with van der Waals surface area (Å²) in [5.74, 6) is 2.70. The van der Waals surface area contributed by atoms with Crippen molar-refractivity contribution in [2.75, 3.05) is 21.1 Å². The van der Waals surface area contributed by atoms with E-state index in [0.29, 0.717) is 35.7 Å². The third-order valence-electron chi connectivity index (χ3n) is 12.0. The van der Waals surface area contributed by atoms with E-state index in [0.717, 1.165) is 80.1 Å². The number of carbonyl (C=O) groups is 1. The molecule has 0 aliphatic heterocycles. The monoisotopic (exact) mass is 1100 g/mol. The Kier molecular flexibility index (Phi) is 24.2. The maximum Gasteiger partial charge on any atom is 0.358 e. The number of benzene rings is 4. The molecule has 7 atom stereocenters. The van der Waals surface area contributed by atoms with Gasteiger partial charge in [0.15, 0.2) is 41.1 Å². The number of azide groups is 1. The van der Waals surface area contributed by atoms with Gasteiger partial charge in [-0.3, -0.25) is 4.79 Å². The molecule has 7 unspecified atom stereocenters. The normalized spacial score (nSPS) is 15.5. The highest BCUT2D eigenvalue weighted by Gasteiger charge is 2.48. The van der Waals surface area contributed by atoms with Crippen molar-refractivity contribution < 1.29 is 23.7 Å². The van der Waals surface area contributed by atoms with Crippen LogP contribution in [0.3, 0.4) is 0 Å². The molecule has 0 saturated heterocycles. The van der Waals surface area contributed by atoms with E-state index in [1.165, 1.54) is 0 Å². The minimum Gasteiger partial charge on any atom is -0.481 e. The largest absolute Gasteiger partial charge is 0.481 e. The summed E-state index contributed by atoms with van der Waals surface area (Å²) >= 11 is 18.4. The average molecular weight is 1110 g/mol. The Labute approximate surface area is 452 Å². The van der Waals surface area contributed by atoms with E-state index in [1.54, 1.807) is 48.4 Å². The number of unbranched alkanes of at least 4 members (excludes halogenated alkanes) is 3. The van der Waals surface area contributed by atoms with Crippen molar-refractivity contribution in [1.82, 2.24) is 14.3 Å². The van der Waals surface area contributed by atoms with Crippen molar-refractivity contribution in [3.63, 3.8) is 0 Å². The fourth-order valence-electron chi connectivity index (χ4n) is 7.51. The van der Waals surface area contributed by atoms with Crippen LogP contribution in [0.1, 0.15) is 147 Å². The SMILES string of the molecule is CCCCCC(C)(Oc1ccc(/C=N/N(C)[P+](=S)C(C)(CCC)Oc2ccc(/C=N/N(C)[P+](=S)C(C)(CC)Oc3ccc(C=O)cc3)cc2)cc1)[P+](=S)N(C)/N=C/c1ccc(OC(C)(CCCC)N=[N+]=[N-])cc1. The molecule has 0 amide bonds. The number of carbonyl (C=O) groups excluding carboxylic acids is 1. The molecule has 0 heterocycles. The number of hydrazone groups is 3. The lowest BCUT2D eigenvalue weighted by Gasteiger charge is -2.25. The smallest absolute Gasteiger partial charge is 0.358 e. The molecule has 0 bridgehead atoms. The highest BCUT2D eigenvalue weighted by atomic mass is 32.4. The van der Waals surface area contributed by atoms with Gasteiger partial charge in [0.25, 0.3) is 16.0 Å². The van der Waals surface area contributed by atoms with Crippen LogP contribution in [0, 0.1) is 0 Å². The summed E-state index contributed by atoms with van der Waals surface area (Å²) < 4.78 is 31.4. The second-order valence-corrected chi connectivity index (χ2v) is 27.7. The molecule has 4 aromatic rings. The first kappa shape index (κ1) is 60.6. The minimum atomic E-state index is -1.30. The molecule has 0 aliphatic carbocycles. The average Bonchev–Trinajstić information content (AvgIpc) is 3.39. The van der Waals surface area contributed by atoms with Gasteiger partial charge in [0.1, 0.15) is 29.3 Å². The Balaban J connectivity index is 1.38. The molecule has 4 aromatic carbocycles. The molecule has 73 heavy (non-hydrogen) atoms. The van der Waals surface area contributed by atoms with Gasteiger partial charge in [-0.15, -0.1) is 29.6 Å². The number of aldehydes is 1. The van der Waals surface area contributed by atoms with Crippen molar-refractivity contribution in [2.45, 2.75) is 141 Å². The molecular weight excluding hydrogens is 1030 g/mol. The lowest BCUT2D eigenvalue weighted by atomic mass is 10.1. The molecule has 0 radical (unpaired) electrons. The van der Waals surface area contributed by atoms with Gasteiger partial charge < -0.3 is 18.9 Å². The Morgan fingerprint density at radius 3 is 1.22 bits per heavy atom. The number of nitrogens with zero attached hydrogens (tertiary/aromatic N) is 9. The Morgan fingerprint density at radius 1 is 0.507 bits per heavy atom. The summed E-state index contributed by atoms with van der Waals surface area (Å²) in [6, 6.07) is 30.3. The molecule has 4 rings (SSSR count). The van der Waals surface area contributed by atoms with Gasteiger partial charge in [0, 0.05) is 50.5 Å². The first-order chi connectivity index (χ1) is 34.8. The van der Waals surface area contributed by atoms with Crippen molar-refractivity contribution in [1.29, 1.82) is 0 Å². The van der Waals surface area contributed by atoms with Gasteiger partial charge >= 0.3 is 20.5 Å². The highest BCUT2D eigenvalue weighted by molar-refractivity contribution is 8.05. The zero-order valence-electron chi connectivity index (χ0n) is 44.3. The first-order valence-corrected chi connectivity index (χ1v) is 31.6. The summed E-state index contributed by atoms with van der Waals surface area (Å²) in [5, 5.41) is 16.2. The van der Waals surface area contributed by atoms with Gasteiger partial charge in [0.05, 0.1) is 39.8 Å². The molecular formula is C53H73N9O5P3S3+3. The van der Waals surface area contributed by atoms with Crippen LogP contribution in [-0.4, -0.2) is 82.2 Å². The Morgan fingerprint density at radius 2 is 0.863 bits per heavy atom. The molecule has 20 heteroatoms. The molecule has 0 aliphatic rings. The topological polar surface area (TPSA) is 150 Å². The van der Waals surface area contributed by atoms with Crippen molar-refractivity contribution >= 4 is 80.9 Å². The third kappa shape index (κ3) is 18.4. The summed E-state index contributed by atoms with van der Waals surface area (Å²) in [5.41, 5.74) is 11.4. The van der Waals surface area contributed by atoms with Crippen molar-refractivity contribution in [2.24, 2.45) is 20.4 Å². The van der Waals surface area contributed by atoms with Crippen LogP contribution in [0.2, 0.25) is 0 Å². The number of ether oxygens (including phenoxy) is 4. The lowest BCUT2D eigenvalue weighted by molar-refractivity contribution is 0.0840. The Bertz CT molecular complexity index is 2590. The van der Waals surface area contributed by atoms with Crippen LogP contribution in [0.5, 0.6) is 23.0 Å². The van der Waals surface area contributed by atoms with Crippen LogP contribution in [0.4, 0.5) is 0 Å². The van der Waals surface area contributed by atoms with E-state index in [9.17, 15) is 4.79 Å². The van der Waals surface area contributed by atoms with E-state index in [-0.39, 0.29) is 0 Å². The minimum absolute atomic E-state index is 0.588. The number of hydrogen-bond donors (Lipinski definition) is 0. The first-order valence-electron chi connectivity index (χ1n) is 24.7. The molecule has 390 valence electrons. The fraction of sp³-hybridized carbons (Fsp3) is 0.472. The van der Waals surface area contributed by atoms with Crippen LogP contribution in [0.25, 0.3) is 10.4 Å². The van der Waals surface area contributed by atoms with Gasteiger partial charge in [-0.2, -0.15) is 0 Å². The predicted molar refractivity (Wildman–Crippen MR) is 314 cm³/mol. The second-order valence-electron chi connectivity index (χ2n) is 18.4. The van der Waals surface area contributed by atoms with Gasteiger partial charge in [-0.25, -0.2) is 0 Å². The maximum atomic E-state index is 11.1. The number of rotatable bonds is 32. The zero-order valence-corrected chi connectivity index (χ0v) is 49.4. The standard InChI is InChI=1S/C53H73N9O5P3S3/c1-12-16-18-37-53(8,70(73)62(11)57-39-42-19-27-46(28-20-42)64-50(5,58-59-54)36-17-13-2)67-49-31-23-44(24-32-49)40-56-61(10)69(72)52(7,35-14-3)66-48-29-21-43(22-30-48)38-55-60(9)68(71)51(6,15-4)65-47-33-25-45(41-63)26-34-47/h19-34,38-41H,12-18,35-37H2,1-11H3/q+3/b55-38+,56-40+,57-39+. The molecule has 0 aromatic heterocycles. The summed E-state index contributed by atoms with van der Waals surface area (Å²) in [7, 11) is 5.67. The van der Waals surface area contributed by atoms with Crippen LogP contribution in [-0.2, 0) is 35.4 Å². The van der Waals surface area contributed by atoms with E-state index >= 15 is 0 Å². The van der Waals surface area contributed by atoms with Crippen LogP contribution < -0.4 is 18.9 Å². The van der Waals surface area contributed by atoms with Crippen molar-refractivity contribution in [3.8, 4) is 23.0 Å². The van der Waals surface area contributed by atoms with Crippen LogP contribution in [0.15, 0.2) is 117 Å². The summed E-state index contributed by atoms with van der Waals surface area (Å²) in [6.07, 6.45) is 14.9. The highest BCUT2D eigenvalue weighted by Crippen LogP contribution is 2.49. The molecule has 0 spiro atoms. The van der Waals surface area contributed by atoms with Gasteiger partial charge in [-0.05, 0) is 157 Å². The van der Waals surface area contributed by atoms with E-state index in [4.69, 9.17) is 70.1 Å². The van der Waals surface area contributed by atoms with E-state index in [1.807, 2.05) is 124 Å². The number of hydrogen-bond acceptors (Lipinski definition) is 12. The fourth-order valence-corrected chi connectivity index (χ4v) is 13.0. The van der Waals surface area contributed by atoms with E-state index < -0.39 is 42.3 Å². The molecule has 14 nitrogen and oxygen atoms in total. The lowest BCUT2D eigenvalue weighted by Crippen LogP contribution is -2.31. The van der Waals surface area contributed by atoms with E-state index in [2.05, 4.69) is 49.7 Å².